The summed E-state index contributed by atoms with van der Waals surface area (Å²) in [6.45, 7) is 10.3. The molecule has 3 heteroatoms. The molecule has 2 aromatic rings. The predicted molar refractivity (Wildman–Crippen MR) is 100.0 cm³/mol. The zero-order valence-corrected chi connectivity index (χ0v) is 15.3. The van der Waals surface area contributed by atoms with Crippen LogP contribution in [0, 0.1) is 20.8 Å². The van der Waals surface area contributed by atoms with Crippen LogP contribution in [-0.4, -0.2) is 12.5 Å². The summed E-state index contributed by atoms with van der Waals surface area (Å²) in [5.74, 6) is 0.690. The van der Waals surface area contributed by atoms with Crippen LogP contribution in [-0.2, 0) is 17.6 Å². The second-order valence-electron chi connectivity index (χ2n) is 6.15. The minimum atomic E-state index is -0.120. The maximum atomic E-state index is 12.4. The fourth-order valence-corrected chi connectivity index (χ4v) is 2.86. The first-order chi connectivity index (χ1) is 11.5. The number of nitrogens with one attached hydrogen (secondary N) is 1. The third-order valence-electron chi connectivity index (χ3n) is 4.48. The summed E-state index contributed by atoms with van der Waals surface area (Å²) in [6, 6.07) is 10.3. The number of carbonyl (C=O) groups is 1. The minimum absolute atomic E-state index is 0.0202. The molecule has 0 spiro atoms. The van der Waals surface area contributed by atoms with Crippen LogP contribution >= 0.6 is 0 Å². The van der Waals surface area contributed by atoms with Gasteiger partial charge in [-0.25, -0.2) is 0 Å². The van der Waals surface area contributed by atoms with Gasteiger partial charge in [0.2, 0.25) is 0 Å². The number of amides is 1. The molecule has 0 bridgehead atoms. The maximum Gasteiger partial charge on any atom is 0.262 e. The van der Waals surface area contributed by atoms with E-state index < -0.39 is 0 Å². The second kappa shape index (κ2) is 8.00. The fraction of sp³-hybridized carbons (Fsp3) is 0.381. The van der Waals surface area contributed by atoms with Gasteiger partial charge in [-0.1, -0.05) is 44.2 Å². The molecule has 0 saturated heterocycles. The molecule has 0 aromatic heterocycles. The largest absolute Gasteiger partial charge is 0.483 e. The van der Waals surface area contributed by atoms with Crippen molar-refractivity contribution in [2.24, 2.45) is 0 Å². The van der Waals surface area contributed by atoms with Gasteiger partial charge in [0.05, 0.1) is 0 Å². The maximum absolute atomic E-state index is 12.4. The van der Waals surface area contributed by atoms with Crippen molar-refractivity contribution in [2.75, 3.05) is 11.9 Å². The standard InChI is InChI=1S/C21H27NO2/c1-6-17-9-8-10-18(7-2)20(17)22-19(23)13-24-21-15(4)12-11-14(3)16(21)5/h8-12H,6-7,13H2,1-5H3,(H,22,23). The second-order valence-corrected chi connectivity index (χ2v) is 6.15. The monoisotopic (exact) mass is 325 g/mol. The van der Waals surface area contributed by atoms with Gasteiger partial charge in [-0.15, -0.1) is 0 Å². The molecule has 0 unspecified atom stereocenters. The summed E-state index contributed by atoms with van der Waals surface area (Å²) in [5.41, 5.74) is 6.56. The number of carbonyl (C=O) groups excluding carboxylic acids is 1. The average Bonchev–Trinajstić information content (AvgIpc) is 2.58. The van der Waals surface area contributed by atoms with Gasteiger partial charge >= 0.3 is 0 Å². The molecule has 2 aromatic carbocycles. The summed E-state index contributed by atoms with van der Waals surface area (Å²) in [5, 5.41) is 3.04. The van der Waals surface area contributed by atoms with E-state index in [1.165, 1.54) is 5.56 Å². The van der Waals surface area contributed by atoms with Crippen molar-refractivity contribution in [3.63, 3.8) is 0 Å². The van der Waals surface area contributed by atoms with E-state index in [1.54, 1.807) is 0 Å². The average molecular weight is 325 g/mol. The van der Waals surface area contributed by atoms with Crippen molar-refractivity contribution in [1.82, 2.24) is 0 Å². The van der Waals surface area contributed by atoms with Gasteiger partial charge in [0, 0.05) is 5.69 Å². The molecule has 0 fully saturated rings. The molecule has 0 aliphatic rings. The SMILES string of the molecule is CCc1cccc(CC)c1NC(=O)COc1c(C)ccc(C)c1C. The summed E-state index contributed by atoms with van der Waals surface area (Å²) in [4.78, 5) is 12.4. The Bertz CT molecular complexity index is 713. The number of para-hydroxylation sites is 1. The molecule has 1 N–H and O–H groups in total. The molecule has 24 heavy (non-hydrogen) atoms. The first-order valence-electron chi connectivity index (χ1n) is 8.58. The lowest BCUT2D eigenvalue weighted by Crippen LogP contribution is -2.22. The first-order valence-corrected chi connectivity index (χ1v) is 8.58. The molecule has 0 aliphatic carbocycles. The quantitative estimate of drug-likeness (QED) is 0.832. The van der Waals surface area contributed by atoms with E-state index in [0.717, 1.165) is 46.5 Å². The van der Waals surface area contributed by atoms with E-state index >= 15 is 0 Å². The molecule has 0 saturated carbocycles. The predicted octanol–water partition coefficient (Wildman–Crippen LogP) is 4.75. The van der Waals surface area contributed by atoms with Crippen molar-refractivity contribution in [1.29, 1.82) is 0 Å². The summed E-state index contributed by atoms with van der Waals surface area (Å²) in [6.07, 6.45) is 1.78. The van der Waals surface area contributed by atoms with Gasteiger partial charge in [-0.05, 0) is 61.4 Å². The third kappa shape index (κ3) is 3.97. The van der Waals surface area contributed by atoms with Crippen molar-refractivity contribution in [3.8, 4) is 5.75 Å². The Kier molecular flexibility index (Phi) is 6.02. The van der Waals surface area contributed by atoms with Gasteiger partial charge in [0.15, 0.2) is 6.61 Å². The minimum Gasteiger partial charge on any atom is -0.483 e. The van der Waals surface area contributed by atoms with Crippen LogP contribution in [0.3, 0.4) is 0 Å². The molecule has 128 valence electrons. The highest BCUT2D eigenvalue weighted by Gasteiger charge is 2.12. The molecule has 1 amide bonds. The van der Waals surface area contributed by atoms with Crippen molar-refractivity contribution < 1.29 is 9.53 Å². The first kappa shape index (κ1) is 18.1. The Morgan fingerprint density at radius 2 is 1.54 bits per heavy atom. The lowest BCUT2D eigenvalue weighted by molar-refractivity contribution is -0.118. The van der Waals surface area contributed by atoms with Crippen LogP contribution in [0.2, 0.25) is 0 Å². The molecule has 3 nitrogen and oxygen atoms in total. The van der Waals surface area contributed by atoms with Crippen LogP contribution in [0.25, 0.3) is 0 Å². The molecular weight excluding hydrogens is 298 g/mol. The Morgan fingerprint density at radius 1 is 0.958 bits per heavy atom. The zero-order chi connectivity index (χ0) is 17.7. The smallest absolute Gasteiger partial charge is 0.262 e. The van der Waals surface area contributed by atoms with Crippen LogP contribution in [0.5, 0.6) is 5.75 Å². The molecular formula is C21H27NO2. The van der Waals surface area contributed by atoms with Crippen LogP contribution in [0.1, 0.15) is 41.7 Å². The molecule has 0 atom stereocenters. The van der Waals surface area contributed by atoms with Gasteiger partial charge < -0.3 is 10.1 Å². The van der Waals surface area contributed by atoms with Gasteiger partial charge in [0.25, 0.3) is 5.91 Å². The number of rotatable bonds is 6. The van der Waals surface area contributed by atoms with Crippen LogP contribution in [0.15, 0.2) is 30.3 Å². The van der Waals surface area contributed by atoms with Crippen molar-refractivity contribution >= 4 is 11.6 Å². The number of hydrogen-bond acceptors (Lipinski definition) is 2. The molecule has 0 heterocycles. The number of aryl methyl sites for hydroxylation is 4. The van der Waals surface area contributed by atoms with Crippen molar-refractivity contribution in [3.05, 3.63) is 58.1 Å². The van der Waals surface area contributed by atoms with E-state index in [9.17, 15) is 4.79 Å². The van der Waals surface area contributed by atoms with Gasteiger partial charge in [-0.2, -0.15) is 0 Å². The highest BCUT2D eigenvalue weighted by Crippen LogP contribution is 2.26. The van der Waals surface area contributed by atoms with Crippen LogP contribution in [0.4, 0.5) is 5.69 Å². The van der Waals surface area contributed by atoms with E-state index in [0.29, 0.717) is 0 Å². The fourth-order valence-electron chi connectivity index (χ4n) is 2.86. The van der Waals surface area contributed by atoms with E-state index in [2.05, 4.69) is 37.4 Å². The normalized spacial score (nSPS) is 10.5. The summed E-state index contributed by atoms with van der Waals surface area (Å²) >= 11 is 0. The van der Waals surface area contributed by atoms with Crippen molar-refractivity contribution in [2.45, 2.75) is 47.5 Å². The summed E-state index contributed by atoms with van der Waals surface area (Å²) in [7, 11) is 0. The Labute approximate surface area is 145 Å². The Morgan fingerprint density at radius 3 is 2.12 bits per heavy atom. The topological polar surface area (TPSA) is 38.3 Å². The highest BCUT2D eigenvalue weighted by atomic mass is 16.5. The molecule has 2 rings (SSSR count). The van der Waals surface area contributed by atoms with E-state index in [1.807, 2.05) is 32.9 Å². The van der Waals surface area contributed by atoms with Gasteiger partial charge in [0.1, 0.15) is 5.75 Å². The van der Waals surface area contributed by atoms with Gasteiger partial charge in [-0.3, -0.25) is 4.79 Å². The number of anilines is 1. The summed E-state index contributed by atoms with van der Waals surface area (Å²) < 4.78 is 5.82. The lowest BCUT2D eigenvalue weighted by atomic mass is 10.0. The van der Waals surface area contributed by atoms with Crippen LogP contribution < -0.4 is 10.1 Å². The van der Waals surface area contributed by atoms with E-state index in [4.69, 9.17) is 4.74 Å². The number of benzene rings is 2. The number of ether oxygens (including phenoxy) is 1. The lowest BCUT2D eigenvalue weighted by Gasteiger charge is -2.16. The van der Waals surface area contributed by atoms with E-state index in [-0.39, 0.29) is 12.5 Å². The highest BCUT2D eigenvalue weighted by molar-refractivity contribution is 5.93. The Balaban J connectivity index is 2.12. The third-order valence-corrected chi connectivity index (χ3v) is 4.48. The number of hydrogen-bond donors (Lipinski definition) is 1. The zero-order valence-electron chi connectivity index (χ0n) is 15.3. The molecule has 0 aliphatic heterocycles. The Hall–Kier alpha value is -2.29. The molecule has 0 radical (unpaired) electrons.